The van der Waals surface area contributed by atoms with Gasteiger partial charge in [-0.25, -0.2) is 9.37 Å². The quantitative estimate of drug-likeness (QED) is 0.683. The van der Waals surface area contributed by atoms with Gasteiger partial charge in [-0.3, -0.25) is 9.20 Å². The van der Waals surface area contributed by atoms with Crippen LogP contribution in [-0.2, 0) is 0 Å². The fourth-order valence-electron chi connectivity index (χ4n) is 4.69. The van der Waals surface area contributed by atoms with Gasteiger partial charge in [-0.2, -0.15) is 0 Å². The van der Waals surface area contributed by atoms with Crippen molar-refractivity contribution in [1.29, 1.82) is 0 Å². The van der Waals surface area contributed by atoms with E-state index >= 15 is 0 Å². The number of anilines is 1. The predicted octanol–water partition coefficient (Wildman–Crippen LogP) is 2.51. The van der Waals surface area contributed by atoms with E-state index in [0.29, 0.717) is 28.7 Å². The Kier molecular flexibility index (Phi) is 4.28. The summed E-state index contributed by atoms with van der Waals surface area (Å²) < 4.78 is 20.6. The third-order valence-corrected chi connectivity index (χ3v) is 6.13. The van der Waals surface area contributed by atoms with E-state index in [4.69, 9.17) is 4.74 Å². The van der Waals surface area contributed by atoms with Crippen molar-refractivity contribution in [2.24, 2.45) is 11.8 Å². The van der Waals surface area contributed by atoms with Crippen molar-refractivity contribution in [3.05, 3.63) is 58.8 Å². The molecule has 2 atom stereocenters. The molecule has 2 aromatic heterocycles. The van der Waals surface area contributed by atoms with Crippen molar-refractivity contribution in [3.8, 4) is 17.0 Å². The van der Waals surface area contributed by atoms with Gasteiger partial charge in [0.1, 0.15) is 5.65 Å². The topological polar surface area (TPSA) is 50.1 Å². The fourth-order valence-corrected chi connectivity index (χ4v) is 4.69. The van der Waals surface area contributed by atoms with E-state index in [0.717, 1.165) is 31.9 Å². The average Bonchev–Trinajstić information content (AvgIpc) is 3.25. The lowest BCUT2D eigenvalue weighted by atomic mass is 10.0. The highest BCUT2D eigenvalue weighted by molar-refractivity contribution is 5.63. The summed E-state index contributed by atoms with van der Waals surface area (Å²) in [6, 6.07) is 9.91. The number of halogens is 1. The SMILES string of the molecule is COc1ccc(-c2cc(=O)n3cc(N4CC5CN(C)C[C@H]5C4)ccc3n2)cc1F. The Morgan fingerprint density at radius 2 is 1.83 bits per heavy atom. The first-order valence-corrected chi connectivity index (χ1v) is 9.82. The Hall–Kier alpha value is -2.93. The molecule has 0 N–H and O–H groups in total. The van der Waals surface area contributed by atoms with Crippen LogP contribution >= 0.6 is 0 Å². The molecule has 2 aliphatic heterocycles. The van der Waals surface area contributed by atoms with Crippen LogP contribution in [0.25, 0.3) is 16.9 Å². The minimum absolute atomic E-state index is 0.164. The summed E-state index contributed by atoms with van der Waals surface area (Å²) in [5, 5.41) is 0. The molecule has 2 saturated heterocycles. The zero-order chi connectivity index (χ0) is 20.1. The standard InChI is InChI=1S/C22H23FN4O2/c1-25-9-15-11-26(12-16(15)10-25)17-4-6-21-24-19(8-22(28)27(21)13-17)14-3-5-20(29-2)18(23)7-14/h3-8,13,15-16H,9-12H2,1-2H3/t15-,16?/m0/s1. The molecule has 5 rings (SSSR count). The van der Waals surface area contributed by atoms with E-state index in [2.05, 4.69) is 21.8 Å². The smallest absolute Gasteiger partial charge is 0.258 e. The fraction of sp³-hybridized carbons (Fsp3) is 0.364. The minimum atomic E-state index is -0.479. The van der Waals surface area contributed by atoms with Crippen LogP contribution in [0.1, 0.15) is 0 Å². The van der Waals surface area contributed by atoms with Crippen molar-refractivity contribution in [3.63, 3.8) is 0 Å². The first-order chi connectivity index (χ1) is 14.0. The van der Waals surface area contributed by atoms with Gasteiger partial charge < -0.3 is 14.5 Å². The molecule has 1 aromatic carbocycles. The molecule has 0 amide bonds. The van der Waals surface area contributed by atoms with E-state index in [1.807, 2.05) is 18.3 Å². The van der Waals surface area contributed by atoms with Gasteiger partial charge in [-0.05, 0) is 49.2 Å². The monoisotopic (exact) mass is 394 g/mol. The van der Waals surface area contributed by atoms with Crippen LogP contribution in [0.5, 0.6) is 5.75 Å². The molecular formula is C22H23FN4O2. The normalized spacial score (nSPS) is 21.7. The molecule has 0 saturated carbocycles. The van der Waals surface area contributed by atoms with Crippen LogP contribution in [0.4, 0.5) is 10.1 Å². The van der Waals surface area contributed by atoms with E-state index < -0.39 is 5.82 Å². The van der Waals surface area contributed by atoms with Gasteiger partial charge in [-0.1, -0.05) is 0 Å². The van der Waals surface area contributed by atoms with Gasteiger partial charge in [0.2, 0.25) is 0 Å². The van der Waals surface area contributed by atoms with Gasteiger partial charge in [0.05, 0.1) is 18.5 Å². The average molecular weight is 394 g/mol. The molecule has 1 unspecified atom stereocenters. The molecular weight excluding hydrogens is 371 g/mol. The van der Waals surface area contributed by atoms with E-state index in [1.165, 1.54) is 19.2 Å². The van der Waals surface area contributed by atoms with Gasteiger partial charge >= 0.3 is 0 Å². The molecule has 4 heterocycles. The Bertz CT molecular complexity index is 1130. The van der Waals surface area contributed by atoms with Crippen LogP contribution in [0.15, 0.2) is 47.4 Å². The summed E-state index contributed by atoms with van der Waals surface area (Å²) in [5.41, 5.74) is 2.40. The number of pyridine rings is 1. The van der Waals surface area contributed by atoms with Crippen LogP contribution in [0, 0.1) is 17.7 Å². The van der Waals surface area contributed by atoms with Crippen molar-refractivity contribution >= 4 is 11.3 Å². The molecule has 29 heavy (non-hydrogen) atoms. The molecule has 0 aliphatic carbocycles. The number of fused-ring (bicyclic) bond motifs is 2. The maximum absolute atomic E-state index is 14.1. The van der Waals surface area contributed by atoms with Gasteiger partial charge in [-0.15, -0.1) is 0 Å². The number of ether oxygens (including phenoxy) is 1. The highest BCUT2D eigenvalue weighted by Crippen LogP contribution is 2.33. The first-order valence-electron chi connectivity index (χ1n) is 9.82. The molecule has 0 radical (unpaired) electrons. The Morgan fingerprint density at radius 3 is 2.52 bits per heavy atom. The largest absolute Gasteiger partial charge is 0.494 e. The summed E-state index contributed by atoms with van der Waals surface area (Å²) in [7, 11) is 3.60. The second kappa shape index (κ2) is 6.84. The Morgan fingerprint density at radius 1 is 1.07 bits per heavy atom. The summed E-state index contributed by atoms with van der Waals surface area (Å²) in [4.78, 5) is 22.1. The number of rotatable bonds is 3. The number of aromatic nitrogens is 2. The van der Waals surface area contributed by atoms with Crippen LogP contribution in [-0.4, -0.2) is 54.6 Å². The maximum atomic E-state index is 14.1. The number of methoxy groups -OCH3 is 1. The highest BCUT2D eigenvalue weighted by Gasteiger charge is 2.38. The first kappa shape index (κ1) is 18.1. The number of benzene rings is 1. The van der Waals surface area contributed by atoms with Crippen molar-refractivity contribution in [1.82, 2.24) is 14.3 Å². The summed E-state index contributed by atoms with van der Waals surface area (Å²) in [6.07, 6.45) is 1.87. The molecule has 0 spiro atoms. The Labute approximate surface area is 168 Å². The summed E-state index contributed by atoms with van der Waals surface area (Å²) in [6.45, 7) is 4.31. The zero-order valence-corrected chi connectivity index (χ0v) is 16.5. The summed E-state index contributed by atoms with van der Waals surface area (Å²) >= 11 is 0. The lowest BCUT2D eigenvalue weighted by molar-refractivity contribution is 0.386. The van der Waals surface area contributed by atoms with Crippen molar-refractivity contribution < 1.29 is 9.13 Å². The zero-order valence-electron chi connectivity index (χ0n) is 16.5. The molecule has 2 fully saturated rings. The van der Waals surface area contributed by atoms with Gasteiger partial charge in [0.15, 0.2) is 11.6 Å². The minimum Gasteiger partial charge on any atom is -0.494 e. The lowest BCUT2D eigenvalue weighted by Crippen LogP contribution is -2.27. The second-order valence-electron chi connectivity index (χ2n) is 8.09. The van der Waals surface area contributed by atoms with Gasteiger partial charge in [0, 0.05) is 44.0 Å². The van der Waals surface area contributed by atoms with E-state index in [9.17, 15) is 9.18 Å². The third-order valence-electron chi connectivity index (χ3n) is 6.13. The van der Waals surface area contributed by atoms with Crippen molar-refractivity contribution in [2.75, 3.05) is 45.2 Å². The molecule has 7 heteroatoms. The van der Waals surface area contributed by atoms with Gasteiger partial charge in [0.25, 0.3) is 5.56 Å². The van der Waals surface area contributed by atoms with Crippen LogP contribution in [0.3, 0.4) is 0 Å². The predicted molar refractivity (Wildman–Crippen MR) is 110 cm³/mol. The highest BCUT2D eigenvalue weighted by atomic mass is 19.1. The van der Waals surface area contributed by atoms with Crippen LogP contribution in [0.2, 0.25) is 0 Å². The lowest BCUT2D eigenvalue weighted by Gasteiger charge is -2.21. The second-order valence-corrected chi connectivity index (χ2v) is 8.09. The van der Waals surface area contributed by atoms with Crippen LogP contribution < -0.4 is 15.2 Å². The number of hydrogen-bond donors (Lipinski definition) is 0. The third kappa shape index (κ3) is 3.15. The maximum Gasteiger partial charge on any atom is 0.258 e. The summed E-state index contributed by atoms with van der Waals surface area (Å²) in [5.74, 6) is 1.07. The molecule has 3 aromatic rings. The van der Waals surface area contributed by atoms with E-state index in [-0.39, 0.29) is 11.3 Å². The van der Waals surface area contributed by atoms with Crippen molar-refractivity contribution in [2.45, 2.75) is 0 Å². The molecule has 6 nitrogen and oxygen atoms in total. The molecule has 150 valence electrons. The number of nitrogens with zero attached hydrogens (tertiary/aromatic N) is 4. The number of likely N-dealkylation sites (tertiary alicyclic amines) is 1. The molecule has 2 aliphatic rings. The molecule has 0 bridgehead atoms. The van der Waals surface area contributed by atoms with E-state index in [1.54, 1.807) is 16.5 Å². The number of hydrogen-bond acceptors (Lipinski definition) is 5. The Balaban J connectivity index is 1.47.